The molecule has 0 aliphatic carbocycles. The van der Waals surface area contributed by atoms with Crippen LogP contribution >= 0.6 is 0 Å². The summed E-state index contributed by atoms with van der Waals surface area (Å²) in [4.78, 5) is 11.9. The number of hydrogen-bond acceptors (Lipinski definition) is 3. The minimum atomic E-state index is -0.0488. The Hall–Kier alpha value is -1.55. The van der Waals surface area contributed by atoms with Crippen LogP contribution in [0.15, 0.2) is 24.3 Å². The zero-order chi connectivity index (χ0) is 12.3. The van der Waals surface area contributed by atoms with Gasteiger partial charge in [0.05, 0.1) is 12.0 Å². The first-order valence-electron chi connectivity index (χ1n) is 5.84. The third-order valence-electron chi connectivity index (χ3n) is 3.09. The average molecular weight is 235 g/mol. The fourth-order valence-corrected chi connectivity index (χ4v) is 2.06. The van der Waals surface area contributed by atoms with Crippen LogP contribution in [-0.2, 0) is 16.1 Å². The van der Waals surface area contributed by atoms with Gasteiger partial charge in [-0.15, -0.1) is 0 Å². The van der Waals surface area contributed by atoms with Crippen molar-refractivity contribution in [3.63, 3.8) is 0 Å². The molecule has 1 aliphatic rings. The molecule has 1 saturated heterocycles. The van der Waals surface area contributed by atoms with Crippen LogP contribution in [-0.4, -0.2) is 23.7 Å². The number of phenolic OH excluding ortho intramolecular Hbond substituents is 1. The summed E-state index contributed by atoms with van der Waals surface area (Å²) < 4.78 is 5.36. The van der Waals surface area contributed by atoms with Crippen molar-refractivity contribution in [2.45, 2.75) is 26.0 Å². The van der Waals surface area contributed by atoms with Gasteiger partial charge in [-0.25, -0.2) is 0 Å². The van der Waals surface area contributed by atoms with Crippen LogP contribution in [0, 0.1) is 5.92 Å². The molecule has 0 radical (unpaired) electrons. The molecule has 1 heterocycles. The number of aromatic hydroxyl groups is 1. The lowest BCUT2D eigenvalue weighted by molar-refractivity contribution is -0.126. The van der Waals surface area contributed by atoms with Crippen LogP contribution in [0.2, 0.25) is 0 Å². The van der Waals surface area contributed by atoms with Gasteiger partial charge in [0, 0.05) is 13.2 Å². The van der Waals surface area contributed by atoms with Crippen LogP contribution < -0.4 is 5.32 Å². The molecule has 0 spiro atoms. The van der Waals surface area contributed by atoms with E-state index >= 15 is 0 Å². The molecule has 4 heteroatoms. The Morgan fingerprint density at radius 2 is 2.41 bits per heavy atom. The van der Waals surface area contributed by atoms with E-state index in [1.54, 1.807) is 18.2 Å². The van der Waals surface area contributed by atoms with Crippen molar-refractivity contribution in [2.24, 2.45) is 5.92 Å². The smallest absolute Gasteiger partial charge is 0.226 e. The number of rotatable bonds is 3. The summed E-state index contributed by atoms with van der Waals surface area (Å²) in [6.07, 6.45) is 0.784. The van der Waals surface area contributed by atoms with E-state index in [0.717, 1.165) is 12.0 Å². The van der Waals surface area contributed by atoms with Crippen molar-refractivity contribution in [1.29, 1.82) is 0 Å². The van der Waals surface area contributed by atoms with Gasteiger partial charge in [-0.2, -0.15) is 0 Å². The lowest BCUT2D eigenvalue weighted by atomic mass is 10.0. The first-order valence-corrected chi connectivity index (χ1v) is 5.84. The molecule has 0 aromatic heterocycles. The molecule has 92 valence electrons. The molecule has 1 aliphatic heterocycles. The standard InChI is InChI=1S/C13H17NO3/c1-9-12(5-6-17-9)13(16)14-8-10-3-2-4-11(15)7-10/h2-4,7,9,12,15H,5-6,8H2,1H3,(H,14,16). The maximum atomic E-state index is 11.9. The zero-order valence-corrected chi connectivity index (χ0v) is 9.85. The van der Waals surface area contributed by atoms with E-state index in [-0.39, 0.29) is 23.7 Å². The predicted molar refractivity (Wildman–Crippen MR) is 63.5 cm³/mol. The average Bonchev–Trinajstić information content (AvgIpc) is 2.72. The number of hydrogen-bond donors (Lipinski definition) is 2. The van der Waals surface area contributed by atoms with Crippen molar-refractivity contribution in [3.05, 3.63) is 29.8 Å². The number of amides is 1. The summed E-state index contributed by atoms with van der Waals surface area (Å²) in [6, 6.07) is 6.89. The largest absolute Gasteiger partial charge is 0.508 e. The molecule has 17 heavy (non-hydrogen) atoms. The molecular weight excluding hydrogens is 218 g/mol. The maximum absolute atomic E-state index is 11.9. The summed E-state index contributed by atoms with van der Waals surface area (Å²) in [5.41, 5.74) is 0.893. The molecule has 0 bridgehead atoms. The van der Waals surface area contributed by atoms with Crippen molar-refractivity contribution in [2.75, 3.05) is 6.61 Å². The molecule has 4 nitrogen and oxygen atoms in total. The predicted octanol–water partition coefficient (Wildman–Crippen LogP) is 1.43. The SMILES string of the molecule is CC1OCCC1C(=O)NCc1cccc(O)c1. The Bertz CT molecular complexity index is 405. The van der Waals surface area contributed by atoms with E-state index in [2.05, 4.69) is 5.32 Å². The molecule has 1 fully saturated rings. The van der Waals surface area contributed by atoms with Gasteiger partial charge in [-0.05, 0) is 31.0 Å². The third-order valence-corrected chi connectivity index (χ3v) is 3.09. The van der Waals surface area contributed by atoms with Gasteiger partial charge in [0.15, 0.2) is 0 Å². The van der Waals surface area contributed by atoms with Gasteiger partial charge < -0.3 is 15.2 Å². The monoisotopic (exact) mass is 235 g/mol. The number of carbonyl (C=O) groups excluding carboxylic acids is 1. The van der Waals surface area contributed by atoms with E-state index in [1.165, 1.54) is 0 Å². The number of ether oxygens (including phenoxy) is 1. The van der Waals surface area contributed by atoms with Crippen LogP contribution in [0.4, 0.5) is 0 Å². The molecule has 1 aromatic rings. The highest BCUT2D eigenvalue weighted by Crippen LogP contribution is 2.20. The molecule has 2 unspecified atom stereocenters. The molecule has 2 atom stereocenters. The normalized spacial score (nSPS) is 23.6. The molecule has 1 aromatic carbocycles. The molecule has 2 rings (SSSR count). The number of benzene rings is 1. The van der Waals surface area contributed by atoms with E-state index in [4.69, 9.17) is 4.74 Å². The Kier molecular flexibility index (Phi) is 3.64. The lowest BCUT2D eigenvalue weighted by Gasteiger charge is -2.14. The molecule has 0 saturated carbocycles. The van der Waals surface area contributed by atoms with E-state index < -0.39 is 0 Å². The second kappa shape index (κ2) is 5.19. The van der Waals surface area contributed by atoms with Crippen molar-refractivity contribution < 1.29 is 14.6 Å². The van der Waals surface area contributed by atoms with Crippen molar-refractivity contribution >= 4 is 5.91 Å². The minimum Gasteiger partial charge on any atom is -0.508 e. The van der Waals surface area contributed by atoms with Gasteiger partial charge in [0.25, 0.3) is 0 Å². The zero-order valence-electron chi connectivity index (χ0n) is 9.85. The highest BCUT2D eigenvalue weighted by molar-refractivity contribution is 5.79. The summed E-state index contributed by atoms with van der Waals surface area (Å²) in [7, 11) is 0. The number of phenols is 1. The molecular formula is C13H17NO3. The minimum absolute atomic E-state index is 0.000763. The van der Waals surface area contributed by atoms with E-state index in [9.17, 15) is 9.90 Å². The van der Waals surface area contributed by atoms with Crippen molar-refractivity contribution in [1.82, 2.24) is 5.32 Å². The fourth-order valence-electron chi connectivity index (χ4n) is 2.06. The van der Waals surface area contributed by atoms with Gasteiger partial charge in [0.2, 0.25) is 5.91 Å². The van der Waals surface area contributed by atoms with Gasteiger partial charge in [-0.1, -0.05) is 12.1 Å². The summed E-state index contributed by atoms with van der Waals surface area (Å²) in [6.45, 7) is 3.02. The van der Waals surface area contributed by atoms with Crippen LogP contribution in [0.3, 0.4) is 0 Å². The second-order valence-electron chi connectivity index (χ2n) is 4.36. The molecule has 2 N–H and O–H groups in total. The maximum Gasteiger partial charge on any atom is 0.226 e. The van der Waals surface area contributed by atoms with Crippen LogP contribution in [0.25, 0.3) is 0 Å². The first-order chi connectivity index (χ1) is 8.16. The third kappa shape index (κ3) is 2.97. The topological polar surface area (TPSA) is 58.6 Å². The van der Waals surface area contributed by atoms with Gasteiger partial charge in [-0.3, -0.25) is 4.79 Å². The van der Waals surface area contributed by atoms with Gasteiger partial charge in [0.1, 0.15) is 5.75 Å². The summed E-state index contributed by atoms with van der Waals surface area (Å²) in [5, 5.41) is 12.2. The number of carbonyl (C=O) groups is 1. The second-order valence-corrected chi connectivity index (χ2v) is 4.36. The Labute approximate surface area is 101 Å². The van der Waals surface area contributed by atoms with Crippen LogP contribution in [0.1, 0.15) is 18.9 Å². The van der Waals surface area contributed by atoms with E-state index in [1.807, 2.05) is 13.0 Å². The Balaban J connectivity index is 1.88. The summed E-state index contributed by atoms with van der Waals surface area (Å²) >= 11 is 0. The lowest BCUT2D eigenvalue weighted by Crippen LogP contribution is -2.33. The Morgan fingerprint density at radius 1 is 1.59 bits per heavy atom. The fraction of sp³-hybridized carbons (Fsp3) is 0.462. The molecule has 1 amide bonds. The highest BCUT2D eigenvalue weighted by atomic mass is 16.5. The summed E-state index contributed by atoms with van der Waals surface area (Å²) in [5.74, 6) is 0.194. The van der Waals surface area contributed by atoms with Crippen molar-refractivity contribution in [3.8, 4) is 5.75 Å². The van der Waals surface area contributed by atoms with E-state index in [0.29, 0.717) is 13.2 Å². The quantitative estimate of drug-likeness (QED) is 0.833. The van der Waals surface area contributed by atoms with Crippen LogP contribution in [0.5, 0.6) is 5.75 Å². The Morgan fingerprint density at radius 3 is 3.06 bits per heavy atom. The number of nitrogens with one attached hydrogen (secondary N) is 1. The van der Waals surface area contributed by atoms with Gasteiger partial charge >= 0.3 is 0 Å². The first kappa shape index (κ1) is 11.9. The highest BCUT2D eigenvalue weighted by Gasteiger charge is 2.30.